The van der Waals surface area contributed by atoms with Gasteiger partial charge < -0.3 is 5.32 Å². The van der Waals surface area contributed by atoms with E-state index in [0.717, 1.165) is 19.3 Å². The number of benzene rings is 2. The number of nitrogens with one attached hydrogen (secondary N) is 2. The number of carbonyl (C=O) groups is 1. The number of amides is 1. The molecule has 30 heavy (non-hydrogen) atoms. The Bertz CT molecular complexity index is 1130. The molecular formula is C19H24N4O5S2. The Hall–Kier alpha value is -2.47. The number of piperidine rings is 1. The summed E-state index contributed by atoms with van der Waals surface area (Å²) in [4.78, 5) is 12.6. The molecule has 4 N–H and O–H groups in total. The number of carbonyl (C=O) groups excluding carboxylic acids is 1. The summed E-state index contributed by atoms with van der Waals surface area (Å²) >= 11 is 0. The van der Waals surface area contributed by atoms with E-state index in [2.05, 4.69) is 10.0 Å². The lowest BCUT2D eigenvalue weighted by atomic mass is 10.1. The van der Waals surface area contributed by atoms with Gasteiger partial charge in [-0.25, -0.2) is 13.6 Å². The molecule has 2 aromatic carbocycles. The molecule has 1 amide bonds. The van der Waals surface area contributed by atoms with Gasteiger partial charge in [0.15, 0.2) is 0 Å². The van der Waals surface area contributed by atoms with E-state index in [1.807, 2.05) is 6.92 Å². The Morgan fingerprint density at radius 1 is 1.03 bits per heavy atom. The molecular weight excluding hydrogens is 428 g/mol. The van der Waals surface area contributed by atoms with Crippen LogP contribution in [0.5, 0.6) is 0 Å². The zero-order chi connectivity index (χ0) is 21.9. The molecule has 1 heterocycles. The maximum absolute atomic E-state index is 12.9. The van der Waals surface area contributed by atoms with Crippen molar-refractivity contribution in [3.63, 3.8) is 0 Å². The van der Waals surface area contributed by atoms with Crippen molar-refractivity contribution in [1.82, 2.24) is 4.31 Å². The number of sulfonamides is 1. The fourth-order valence-electron chi connectivity index (χ4n) is 3.37. The third-order valence-electron chi connectivity index (χ3n) is 4.85. The van der Waals surface area contributed by atoms with Crippen LogP contribution in [0.3, 0.4) is 0 Å². The quantitative estimate of drug-likeness (QED) is 0.616. The van der Waals surface area contributed by atoms with Crippen LogP contribution in [0.1, 0.15) is 36.5 Å². The fourth-order valence-corrected chi connectivity index (χ4v) is 5.53. The van der Waals surface area contributed by atoms with E-state index in [-0.39, 0.29) is 22.2 Å². The summed E-state index contributed by atoms with van der Waals surface area (Å²) in [5, 5.41) is 7.58. The number of hydrogen-bond donors (Lipinski definition) is 3. The largest absolute Gasteiger partial charge is 0.322 e. The van der Waals surface area contributed by atoms with Gasteiger partial charge in [0.2, 0.25) is 10.0 Å². The summed E-state index contributed by atoms with van der Waals surface area (Å²) in [6, 6.07) is 11.7. The van der Waals surface area contributed by atoms with E-state index in [0.29, 0.717) is 12.2 Å². The van der Waals surface area contributed by atoms with Gasteiger partial charge in [0, 0.05) is 23.8 Å². The average molecular weight is 453 g/mol. The van der Waals surface area contributed by atoms with Crippen LogP contribution < -0.4 is 15.2 Å². The topological polar surface area (TPSA) is 139 Å². The Kier molecular flexibility index (Phi) is 6.46. The molecule has 1 saturated heterocycles. The molecule has 2 aromatic rings. The summed E-state index contributed by atoms with van der Waals surface area (Å²) in [5.41, 5.74) is 0.824. The van der Waals surface area contributed by atoms with Gasteiger partial charge in [-0.2, -0.15) is 12.7 Å². The average Bonchev–Trinajstić information content (AvgIpc) is 2.67. The molecule has 1 fully saturated rings. The summed E-state index contributed by atoms with van der Waals surface area (Å²) < 4.78 is 51.7. The highest BCUT2D eigenvalue weighted by atomic mass is 32.2. The Balaban J connectivity index is 1.73. The maximum atomic E-state index is 12.9. The van der Waals surface area contributed by atoms with Crippen molar-refractivity contribution in [3.8, 4) is 0 Å². The molecule has 0 spiro atoms. The summed E-state index contributed by atoms with van der Waals surface area (Å²) in [6.07, 6.45) is 2.68. The first-order valence-electron chi connectivity index (χ1n) is 9.40. The molecule has 162 valence electrons. The van der Waals surface area contributed by atoms with Gasteiger partial charge >= 0.3 is 0 Å². The lowest BCUT2D eigenvalue weighted by molar-refractivity contribution is 0.102. The number of rotatable bonds is 6. The molecule has 1 aliphatic rings. The molecule has 1 atom stereocenters. The van der Waals surface area contributed by atoms with E-state index < -0.39 is 26.1 Å². The molecule has 0 radical (unpaired) electrons. The SMILES string of the molecule is CC1CCCCN1S(=O)(=O)c1ccc(C(=O)Nc2cccc(NS(N)(=O)=O)c2)cc1. The van der Waals surface area contributed by atoms with Crippen LogP contribution in [0.25, 0.3) is 0 Å². The van der Waals surface area contributed by atoms with Gasteiger partial charge in [0.05, 0.1) is 10.6 Å². The predicted octanol–water partition coefficient (Wildman–Crippen LogP) is 2.12. The van der Waals surface area contributed by atoms with Gasteiger partial charge in [-0.1, -0.05) is 12.5 Å². The highest BCUT2D eigenvalue weighted by Crippen LogP contribution is 2.25. The molecule has 0 saturated carbocycles. The van der Waals surface area contributed by atoms with Crippen molar-refractivity contribution in [1.29, 1.82) is 0 Å². The normalized spacial score (nSPS) is 18.0. The number of anilines is 2. The molecule has 1 aliphatic heterocycles. The molecule has 11 heteroatoms. The third-order valence-corrected chi connectivity index (χ3v) is 7.39. The third kappa shape index (κ3) is 5.36. The number of hydrogen-bond acceptors (Lipinski definition) is 5. The molecule has 0 aromatic heterocycles. The van der Waals surface area contributed by atoms with E-state index in [9.17, 15) is 21.6 Å². The van der Waals surface area contributed by atoms with Crippen molar-refractivity contribution >= 4 is 37.5 Å². The zero-order valence-electron chi connectivity index (χ0n) is 16.4. The van der Waals surface area contributed by atoms with Crippen LogP contribution in [0, 0.1) is 0 Å². The highest BCUT2D eigenvalue weighted by molar-refractivity contribution is 7.90. The molecule has 0 bridgehead atoms. The molecule has 3 rings (SSSR count). The summed E-state index contributed by atoms with van der Waals surface area (Å²) in [6.45, 7) is 2.39. The van der Waals surface area contributed by atoms with Crippen LogP contribution in [0.15, 0.2) is 53.4 Å². The van der Waals surface area contributed by atoms with Crippen molar-refractivity contribution in [3.05, 3.63) is 54.1 Å². The zero-order valence-corrected chi connectivity index (χ0v) is 18.0. The van der Waals surface area contributed by atoms with E-state index in [1.165, 1.54) is 40.7 Å². The summed E-state index contributed by atoms with van der Waals surface area (Å²) in [5.74, 6) is -0.460. The van der Waals surface area contributed by atoms with E-state index in [4.69, 9.17) is 5.14 Å². The first-order valence-corrected chi connectivity index (χ1v) is 12.4. The monoisotopic (exact) mass is 452 g/mol. The molecule has 9 nitrogen and oxygen atoms in total. The lowest BCUT2D eigenvalue weighted by Gasteiger charge is -2.32. The van der Waals surface area contributed by atoms with Gasteiger partial charge in [0.1, 0.15) is 0 Å². The van der Waals surface area contributed by atoms with Crippen LogP contribution in [-0.2, 0) is 20.2 Å². The summed E-state index contributed by atoms with van der Waals surface area (Å²) in [7, 11) is -7.54. The first-order chi connectivity index (χ1) is 14.1. The number of nitrogens with two attached hydrogens (primary N) is 1. The van der Waals surface area contributed by atoms with Crippen LogP contribution in [0.2, 0.25) is 0 Å². The highest BCUT2D eigenvalue weighted by Gasteiger charge is 2.30. The standard InChI is InChI=1S/C19H24N4O5S2/c1-14-5-2-3-12-23(14)29(25,26)18-10-8-15(9-11-18)19(24)21-16-6-4-7-17(13-16)22-30(20,27)28/h4,6-11,13-14,22H,2-3,5,12H2,1H3,(H,21,24)(H2,20,27,28). The van der Waals surface area contributed by atoms with Gasteiger partial charge in [-0.15, -0.1) is 0 Å². The lowest BCUT2D eigenvalue weighted by Crippen LogP contribution is -2.41. The Labute approximate surface area is 176 Å². The van der Waals surface area contributed by atoms with Gasteiger partial charge in [0.25, 0.3) is 16.1 Å². The van der Waals surface area contributed by atoms with Gasteiger partial charge in [-0.05, 0) is 62.2 Å². The minimum atomic E-state index is -3.93. The van der Waals surface area contributed by atoms with Gasteiger partial charge in [-0.3, -0.25) is 9.52 Å². The van der Waals surface area contributed by atoms with Crippen molar-refractivity contribution < 1.29 is 21.6 Å². The predicted molar refractivity (Wildman–Crippen MR) is 115 cm³/mol. The minimum absolute atomic E-state index is 0.0510. The van der Waals surface area contributed by atoms with Crippen molar-refractivity contribution in [2.75, 3.05) is 16.6 Å². The van der Waals surface area contributed by atoms with Crippen LogP contribution >= 0.6 is 0 Å². The van der Waals surface area contributed by atoms with Crippen molar-refractivity contribution in [2.45, 2.75) is 37.1 Å². The van der Waals surface area contributed by atoms with E-state index in [1.54, 1.807) is 12.1 Å². The first kappa shape index (κ1) is 22.2. The van der Waals surface area contributed by atoms with Crippen LogP contribution in [0.4, 0.5) is 11.4 Å². The fraction of sp³-hybridized carbons (Fsp3) is 0.316. The molecule has 1 unspecified atom stereocenters. The minimum Gasteiger partial charge on any atom is -0.322 e. The Morgan fingerprint density at radius 2 is 1.70 bits per heavy atom. The van der Waals surface area contributed by atoms with Crippen LogP contribution in [-0.4, -0.2) is 39.6 Å². The number of nitrogens with zero attached hydrogens (tertiary/aromatic N) is 1. The Morgan fingerprint density at radius 3 is 2.33 bits per heavy atom. The maximum Gasteiger partial charge on any atom is 0.296 e. The van der Waals surface area contributed by atoms with Crippen molar-refractivity contribution in [2.24, 2.45) is 5.14 Å². The smallest absolute Gasteiger partial charge is 0.296 e. The second kappa shape index (κ2) is 8.72. The molecule has 0 aliphatic carbocycles. The second-order valence-electron chi connectivity index (χ2n) is 7.17. The van der Waals surface area contributed by atoms with E-state index >= 15 is 0 Å². The second-order valence-corrected chi connectivity index (χ2v) is 10.4.